The van der Waals surface area contributed by atoms with Gasteiger partial charge >= 0.3 is 0 Å². The molecule has 27 heavy (non-hydrogen) atoms. The summed E-state index contributed by atoms with van der Waals surface area (Å²) in [7, 11) is 0. The van der Waals surface area contributed by atoms with Crippen LogP contribution in [0.4, 0.5) is 5.69 Å². The minimum Gasteiger partial charge on any atom is -0.327 e. The van der Waals surface area contributed by atoms with Gasteiger partial charge in [0.1, 0.15) is 0 Å². The van der Waals surface area contributed by atoms with Crippen molar-refractivity contribution >= 4 is 17.5 Å². The fraction of sp³-hybridized carbons (Fsp3) is 0.619. The van der Waals surface area contributed by atoms with Gasteiger partial charge < -0.3 is 20.0 Å². The second-order valence-electron chi connectivity index (χ2n) is 7.85. The standard InChI is InChI=1S/C21H32N4O2/c1-2-18-8-4-5-9-19(18)22-20(26)16-24-12-14-25(15-13-24)21(27)17-23-10-6-3-7-11-23/h4-5,8-9H,2-3,6-7,10-17H2,1H3,(H,22,26)/p+2. The lowest BCUT2D eigenvalue weighted by Gasteiger charge is -2.33. The Hall–Kier alpha value is -1.92. The number of para-hydroxylation sites is 1. The molecule has 3 N–H and O–H groups in total. The third kappa shape index (κ3) is 5.78. The molecule has 148 valence electrons. The summed E-state index contributed by atoms with van der Waals surface area (Å²) in [5.74, 6) is 0.343. The van der Waals surface area contributed by atoms with Crippen LogP contribution < -0.4 is 15.1 Å². The monoisotopic (exact) mass is 374 g/mol. The normalized spacial score (nSPS) is 19.1. The van der Waals surface area contributed by atoms with Crippen LogP contribution in [0.3, 0.4) is 0 Å². The molecular formula is C21H34N4O2+2. The Morgan fingerprint density at radius 3 is 2.33 bits per heavy atom. The smallest absolute Gasteiger partial charge is 0.279 e. The van der Waals surface area contributed by atoms with Crippen LogP contribution in [-0.4, -0.2) is 69.1 Å². The number of hydrogen-bond donors (Lipinski definition) is 3. The summed E-state index contributed by atoms with van der Waals surface area (Å²) in [4.78, 5) is 29.6. The van der Waals surface area contributed by atoms with E-state index < -0.39 is 0 Å². The summed E-state index contributed by atoms with van der Waals surface area (Å²) in [6.07, 6.45) is 4.71. The van der Waals surface area contributed by atoms with E-state index in [2.05, 4.69) is 18.3 Å². The van der Waals surface area contributed by atoms with Crippen molar-refractivity contribution in [1.29, 1.82) is 0 Å². The molecule has 0 radical (unpaired) electrons. The van der Waals surface area contributed by atoms with Gasteiger partial charge in [0.25, 0.3) is 11.8 Å². The second kappa shape index (κ2) is 9.85. The van der Waals surface area contributed by atoms with Crippen LogP contribution in [0.1, 0.15) is 31.7 Å². The quantitative estimate of drug-likeness (QED) is 0.597. The number of aryl methyl sites for hydroxylation is 1. The Morgan fingerprint density at radius 2 is 1.63 bits per heavy atom. The molecule has 2 aliphatic rings. The van der Waals surface area contributed by atoms with Gasteiger partial charge in [-0.15, -0.1) is 0 Å². The molecule has 2 heterocycles. The first-order valence-electron chi connectivity index (χ1n) is 10.5. The highest BCUT2D eigenvalue weighted by molar-refractivity contribution is 5.92. The Morgan fingerprint density at radius 1 is 0.963 bits per heavy atom. The van der Waals surface area contributed by atoms with Gasteiger partial charge in [-0.25, -0.2) is 0 Å². The number of piperazine rings is 1. The molecule has 2 amide bonds. The van der Waals surface area contributed by atoms with Crippen LogP contribution >= 0.6 is 0 Å². The molecule has 2 saturated heterocycles. The highest BCUT2D eigenvalue weighted by atomic mass is 16.2. The SMILES string of the molecule is CCc1ccccc1NC(=O)C[NH+]1CCN(C(=O)C[NH+]2CCCCC2)CC1. The molecule has 3 rings (SSSR count). The third-order valence-electron chi connectivity index (χ3n) is 5.87. The summed E-state index contributed by atoms with van der Waals surface area (Å²) in [5.41, 5.74) is 2.08. The lowest BCUT2D eigenvalue weighted by atomic mass is 10.1. The van der Waals surface area contributed by atoms with Crippen molar-refractivity contribution in [3.05, 3.63) is 29.8 Å². The van der Waals surface area contributed by atoms with Gasteiger partial charge in [0.05, 0.1) is 39.3 Å². The fourth-order valence-corrected chi connectivity index (χ4v) is 4.18. The second-order valence-corrected chi connectivity index (χ2v) is 7.85. The van der Waals surface area contributed by atoms with Gasteiger partial charge in [-0.2, -0.15) is 0 Å². The number of carbonyl (C=O) groups excluding carboxylic acids is 2. The maximum atomic E-state index is 12.5. The number of carbonyl (C=O) groups is 2. The van der Waals surface area contributed by atoms with E-state index in [0.717, 1.165) is 56.9 Å². The first-order valence-corrected chi connectivity index (χ1v) is 10.5. The Balaban J connectivity index is 1.41. The molecule has 6 nitrogen and oxygen atoms in total. The van der Waals surface area contributed by atoms with Crippen molar-refractivity contribution in [3.63, 3.8) is 0 Å². The van der Waals surface area contributed by atoms with Crippen LogP contribution in [0.2, 0.25) is 0 Å². The van der Waals surface area contributed by atoms with Crippen molar-refractivity contribution in [2.45, 2.75) is 32.6 Å². The van der Waals surface area contributed by atoms with Gasteiger partial charge in [-0.3, -0.25) is 9.59 Å². The first kappa shape index (κ1) is 19.8. The number of amides is 2. The van der Waals surface area contributed by atoms with Gasteiger partial charge in [-0.05, 0) is 37.3 Å². The molecule has 2 fully saturated rings. The topological polar surface area (TPSA) is 58.3 Å². The predicted octanol–water partition coefficient (Wildman–Crippen LogP) is -1.02. The number of nitrogens with zero attached hydrogens (tertiary/aromatic N) is 1. The molecule has 1 aromatic rings. The Labute approximate surface area is 162 Å². The van der Waals surface area contributed by atoms with Crippen molar-refractivity contribution in [1.82, 2.24) is 4.90 Å². The van der Waals surface area contributed by atoms with Crippen LogP contribution in [0.5, 0.6) is 0 Å². The lowest BCUT2D eigenvalue weighted by molar-refractivity contribution is -0.899. The van der Waals surface area contributed by atoms with E-state index in [1.807, 2.05) is 23.1 Å². The van der Waals surface area contributed by atoms with Gasteiger partial charge in [0, 0.05) is 5.69 Å². The van der Waals surface area contributed by atoms with Crippen molar-refractivity contribution in [2.24, 2.45) is 0 Å². The average molecular weight is 375 g/mol. The lowest BCUT2D eigenvalue weighted by Crippen LogP contribution is -3.16. The minimum atomic E-state index is 0.0587. The van der Waals surface area contributed by atoms with Crippen molar-refractivity contribution < 1.29 is 19.4 Å². The third-order valence-corrected chi connectivity index (χ3v) is 5.87. The highest BCUT2D eigenvalue weighted by Gasteiger charge is 2.28. The Kier molecular flexibility index (Phi) is 7.24. The largest absolute Gasteiger partial charge is 0.327 e. The number of likely N-dealkylation sites (tertiary alicyclic amines) is 1. The number of quaternary nitrogens is 2. The molecule has 0 spiro atoms. The predicted molar refractivity (Wildman–Crippen MR) is 106 cm³/mol. The summed E-state index contributed by atoms with van der Waals surface area (Å²) < 4.78 is 0. The summed E-state index contributed by atoms with van der Waals surface area (Å²) in [5, 5.41) is 3.05. The van der Waals surface area contributed by atoms with E-state index in [-0.39, 0.29) is 11.8 Å². The minimum absolute atomic E-state index is 0.0587. The van der Waals surface area contributed by atoms with Crippen LogP contribution in [0, 0.1) is 0 Å². The van der Waals surface area contributed by atoms with E-state index in [1.54, 1.807) is 0 Å². The molecule has 0 bridgehead atoms. The average Bonchev–Trinajstić information content (AvgIpc) is 2.69. The molecule has 1 aromatic carbocycles. The van der Waals surface area contributed by atoms with Crippen molar-refractivity contribution in [2.75, 3.05) is 57.7 Å². The molecule has 0 unspecified atom stereocenters. The van der Waals surface area contributed by atoms with Crippen LogP contribution in [0.15, 0.2) is 24.3 Å². The summed E-state index contributed by atoms with van der Waals surface area (Å²) in [6.45, 7) is 8.71. The van der Waals surface area contributed by atoms with E-state index in [9.17, 15) is 9.59 Å². The molecule has 0 aromatic heterocycles. The van der Waals surface area contributed by atoms with Gasteiger partial charge in [-0.1, -0.05) is 25.1 Å². The molecule has 0 aliphatic carbocycles. The number of benzene rings is 1. The van der Waals surface area contributed by atoms with E-state index in [4.69, 9.17) is 0 Å². The zero-order chi connectivity index (χ0) is 19.1. The zero-order valence-electron chi connectivity index (χ0n) is 16.6. The zero-order valence-corrected chi connectivity index (χ0v) is 16.6. The molecular weight excluding hydrogens is 340 g/mol. The van der Waals surface area contributed by atoms with Crippen molar-refractivity contribution in [3.8, 4) is 0 Å². The van der Waals surface area contributed by atoms with Gasteiger partial charge in [0.2, 0.25) is 0 Å². The van der Waals surface area contributed by atoms with E-state index in [0.29, 0.717) is 13.1 Å². The molecule has 6 heteroatoms. The summed E-state index contributed by atoms with van der Waals surface area (Å²) in [6, 6.07) is 7.97. The number of piperidine rings is 1. The van der Waals surface area contributed by atoms with Crippen LogP contribution in [0.25, 0.3) is 0 Å². The first-order chi connectivity index (χ1) is 13.2. The molecule has 0 atom stereocenters. The highest BCUT2D eigenvalue weighted by Crippen LogP contribution is 2.14. The number of hydrogen-bond acceptors (Lipinski definition) is 2. The number of anilines is 1. The van der Waals surface area contributed by atoms with Crippen LogP contribution in [-0.2, 0) is 16.0 Å². The molecule has 0 saturated carbocycles. The fourth-order valence-electron chi connectivity index (χ4n) is 4.18. The summed E-state index contributed by atoms with van der Waals surface area (Å²) >= 11 is 0. The Bertz CT molecular complexity index is 635. The maximum Gasteiger partial charge on any atom is 0.279 e. The van der Waals surface area contributed by atoms with E-state index in [1.165, 1.54) is 29.1 Å². The van der Waals surface area contributed by atoms with Gasteiger partial charge in [0.15, 0.2) is 13.1 Å². The molecule has 2 aliphatic heterocycles. The number of rotatable bonds is 6. The maximum absolute atomic E-state index is 12.5. The van der Waals surface area contributed by atoms with E-state index >= 15 is 0 Å². The number of nitrogens with one attached hydrogen (secondary N) is 3.